The number of anilines is 1. The van der Waals surface area contributed by atoms with Crippen LogP contribution in [0.4, 0.5) is 18.9 Å². The van der Waals surface area contributed by atoms with Crippen molar-refractivity contribution >= 4 is 34.1 Å². The number of carbonyl (C=O) groups is 1. The normalized spacial score (nSPS) is 11.5. The van der Waals surface area contributed by atoms with E-state index < -0.39 is 17.5 Å². The predicted octanol–water partition coefficient (Wildman–Crippen LogP) is 3.09. The SMILES string of the molecule is CC(=O)c1c(N)ccc(C(F)(F)F)c1I. The number of halogens is 4. The van der Waals surface area contributed by atoms with Crippen molar-refractivity contribution in [3.05, 3.63) is 26.8 Å². The van der Waals surface area contributed by atoms with Crippen molar-refractivity contribution in [2.45, 2.75) is 13.1 Å². The van der Waals surface area contributed by atoms with E-state index in [0.29, 0.717) is 0 Å². The summed E-state index contributed by atoms with van der Waals surface area (Å²) in [5.41, 5.74) is 4.62. The third kappa shape index (κ3) is 2.42. The number of nitrogen functional groups attached to an aromatic ring is 1. The van der Waals surface area contributed by atoms with Gasteiger partial charge in [-0.2, -0.15) is 13.2 Å². The summed E-state index contributed by atoms with van der Waals surface area (Å²) in [5, 5.41) is 0. The molecule has 0 aliphatic heterocycles. The second-order valence-electron chi connectivity index (χ2n) is 2.95. The average Bonchev–Trinajstić information content (AvgIpc) is 2.00. The lowest BCUT2D eigenvalue weighted by Crippen LogP contribution is -2.12. The second-order valence-corrected chi connectivity index (χ2v) is 4.02. The minimum absolute atomic E-state index is 0.0644. The van der Waals surface area contributed by atoms with Crippen LogP contribution in [0.2, 0.25) is 0 Å². The summed E-state index contributed by atoms with van der Waals surface area (Å²) in [6.45, 7) is 1.19. The molecule has 0 bridgehead atoms. The maximum Gasteiger partial charge on any atom is 0.417 e. The Balaban J connectivity index is 3.49. The van der Waals surface area contributed by atoms with Crippen molar-refractivity contribution < 1.29 is 18.0 Å². The summed E-state index contributed by atoms with van der Waals surface area (Å²) < 4.78 is 37.3. The molecule has 0 fully saturated rings. The molecule has 1 aromatic rings. The van der Waals surface area contributed by atoms with Crippen LogP contribution in [0.5, 0.6) is 0 Å². The van der Waals surface area contributed by atoms with Crippen molar-refractivity contribution in [3.63, 3.8) is 0 Å². The lowest BCUT2D eigenvalue weighted by atomic mass is 10.1. The minimum atomic E-state index is -4.46. The van der Waals surface area contributed by atoms with E-state index in [2.05, 4.69) is 0 Å². The van der Waals surface area contributed by atoms with E-state index in [1.54, 1.807) is 0 Å². The number of ketones is 1. The second kappa shape index (κ2) is 3.99. The molecule has 0 aliphatic carbocycles. The Hall–Kier alpha value is -0.790. The molecule has 2 N–H and O–H groups in total. The molecule has 0 atom stereocenters. The van der Waals surface area contributed by atoms with Crippen LogP contribution >= 0.6 is 22.6 Å². The Bertz CT molecular complexity index is 415. The summed E-state index contributed by atoms with van der Waals surface area (Å²) in [4.78, 5) is 11.1. The van der Waals surface area contributed by atoms with Gasteiger partial charge in [-0.3, -0.25) is 4.79 Å². The fraction of sp³-hybridized carbons (Fsp3) is 0.222. The van der Waals surface area contributed by atoms with Gasteiger partial charge in [-0.05, 0) is 41.6 Å². The van der Waals surface area contributed by atoms with Crippen molar-refractivity contribution in [3.8, 4) is 0 Å². The maximum atomic E-state index is 12.5. The van der Waals surface area contributed by atoms with Crippen LogP contribution in [0.3, 0.4) is 0 Å². The van der Waals surface area contributed by atoms with Crippen LogP contribution in [-0.4, -0.2) is 5.78 Å². The van der Waals surface area contributed by atoms with E-state index >= 15 is 0 Å². The van der Waals surface area contributed by atoms with Gasteiger partial charge in [-0.1, -0.05) is 0 Å². The lowest BCUT2D eigenvalue weighted by molar-refractivity contribution is -0.138. The number of hydrogen-bond acceptors (Lipinski definition) is 2. The van der Waals surface area contributed by atoms with E-state index in [1.807, 2.05) is 0 Å². The average molecular weight is 329 g/mol. The van der Waals surface area contributed by atoms with Gasteiger partial charge in [0.2, 0.25) is 0 Å². The molecule has 0 aromatic heterocycles. The molecule has 0 unspecified atom stereocenters. The van der Waals surface area contributed by atoms with E-state index in [1.165, 1.54) is 29.5 Å². The molecule has 2 nitrogen and oxygen atoms in total. The number of alkyl halides is 3. The monoisotopic (exact) mass is 329 g/mol. The number of hydrogen-bond donors (Lipinski definition) is 1. The summed E-state index contributed by atoms with van der Waals surface area (Å²) in [6, 6.07) is 1.98. The highest BCUT2D eigenvalue weighted by molar-refractivity contribution is 14.1. The number of benzene rings is 1. The van der Waals surface area contributed by atoms with Gasteiger partial charge in [0.1, 0.15) is 0 Å². The van der Waals surface area contributed by atoms with Gasteiger partial charge in [0, 0.05) is 9.26 Å². The largest absolute Gasteiger partial charge is 0.417 e. The van der Waals surface area contributed by atoms with Crippen LogP contribution in [-0.2, 0) is 6.18 Å². The Labute approximate surface area is 97.8 Å². The van der Waals surface area contributed by atoms with Gasteiger partial charge in [0.05, 0.1) is 11.1 Å². The molecule has 1 rings (SSSR count). The number of rotatable bonds is 1. The van der Waals surface area contributed by atoms with Crippen molar-refractivity contribution in [1.29, 1.82) is 0 Å². The zero-order valence-corrected chi connectivity index (χ0v) is 9.81. The zero-order chi connectivity index (χ0) is 11.8. The van der Waals surface area contributed by atoms with Gasteiger partial charge < -0.3 is 5.73 Å². The smallest absolute Gasteiger partial charge is 0.398 e. The predicted molar refractivity (Wildman–Crippen MR) is 58.6 cm³/mol. The van der Waals surface area contributed by atoms with Crippen LogP contribution in [0.25, 0.3) is 0 Å². The number of Topliss-reactive ketones (excluding diaryl/α,β-unsaturated/α-hetero) is 1. The van der Waals surface area contributed by atoms with Crippen LogP contribution < -0.4 is 5.73 Å². The van der Waals surface area contributed by atoms with Crippen LogP contribution in [0.15, 0.2) is 12.1 Å². The topological polar surface area (TPSA) is 43.1 Å². The van der Waals surface area contributed by atoms with Crippen molar-refractivity contribution in [2.24, 2.45) is 0 Å². The molecule has 0 saturated heterocycles. The molecule has 15 heavy (non-hydrogen) atoms. The molecule has 0 heterocycles. The Morgan fingerprint density at radius 3 is 2.33 bits per heavy atom. The summed E-state index contributed by atoms with van der Waals surface area (Å²) >= 11 is 1.49. The highest BCUT2D eigenvalue weighted by Crippen LogP contribution is 2.36. The zero-order valence-electron chi connectivity index (χ0n) is 7.65. The first kappa shape index (κ1) is 12.3. The molecule has 0 radical (unpaired) electrons. The molecule has 0 aliphatic rings. The van der Waals surface area contributed by atoms with Gasteiger partial charge in [0.25, 0.3) is 0 Å². The quantitative estimate of drug-likeness (QED) is 0.489. The summed E-state index contributed by atoms with van der Waals surface area (Å²) in [6.07, 6.45) is -4.46. The van der Waals surface area contributed by atoms with Gasteiger partial charge >= 0.3 is 6.18 Å². The maximum absolute atomic E-state index is 12.5. The summed E-state index contributed by atoms with van der Waals surface area (Å²) in [5.74, 6) is -0.469. The first-order valence-corrected chi connectivity index (χ1v) is 4.99. The third-order valence-corrected chi connectivity index (χ3v) is 2.95. The Morgan fingerprint density at radius 2 is 1.93 bits per heavy atom. The van der Waals surface area contributed by atoms with Crippen LogP contribution in [0.1, 0.15) is 22.8 Å². The summed E-state index contributed by atoms with van der Waals surface area (Å²) in [7, 11) is 0. The molecule has 0 spiro atoms. The lowest BCUT2D eigenvalue weighted by Gasteiger charge is -2.12. The van der Waals surface area contributed by atoms with Crippen LogP contribution in [0, 0.1) is 3.57 Å². The molecular weight excluding hydrogens is 322 g/mol. The highest BCUT2D eigenvalue weighted by atomic mass is 127. The molecule has 0 saturated carbocycles. The minimum Gasteiger partial charge on any atom is -0.398 e. The molecular formula is C9H7F3INO. The standard InChI is InChI=1S/C9H7F3INO/c1-4(15)7-6(14)3-2-5(8(7)13)9(10,11)12/h2-3H,14H2,1H3. The Kier molecular flexibility index (Phi) is 3.27. The molecule has 1 aromatic carbocycles. The molecule has 6 heteroatoms. The van der Waals surface area contributed by atoms with E-state index in [0.717, 1.165) is 12.1 Å². The van der Waals surface area contributed by atoms with Gasteiger partial charge in [-0.15, -0.1) is 0 Å². The molecule has 82 valence electrons. The fourth-order valence-electron chi connectivity index (χ4n) is 1.17. The van der Waals surface area contributed by atoms with E-state index in [-0.39, 0.29) is 14.8 Å². The van der Waals surface area contributed by atoms with E-state index in [4.69, 9.17) is 5.73 Å². The number of carbonyl (C=O) groups excluding carboxylic acids is 1. The highest BCUT2D eigenvalue weighted by Gasteiger charge is 2.34. The fourth-order valence-corrected chi connectivity index (χ4v) is 2.34. The first-order chi connectivity index (χ1) is 6.75. The first-order valence-electron chi connectivity index (χ1n) is 3.91. The Morgan fingerprint density at radius 1 is 1.40 bits per heavy atom. The van der Waals surface area contributed by atoms with E-state index in [9.17, 15) is 18.0 Å². The molecule has 0 amide bonds. The third-order valence-electron chi connectivity index (χ3n) is 1.83. The van der Waals surface area contributed by atoms with Gasteiger partial charge in [0.15, 0.2) is 5.78 Å². The number of nitrogens with two attached hydrogens (primary N) is 1. The van der Waals surface area contributed by atoms with Gasteiger partial charge in [-0.25, -0.2) is 0 Å². The van der Waals surface area contributed by atoms with Crippen molar-refractivity contribution in [2.75, 3.05) is 5.73 Å². The van der Waals surface area contributed by atoms with Crippen molar-refractivity contribution in [1.82, 2.24) is 0 Å².